The lowest BCUT2D eigenvalue weighted by Gasteiger charge is -1.91. The highest BCUT2D eigenvalue weighted by Crippen LogP contribution is 2.25. The minimum atomic E-state index is 0.418. The van der Waals surface area contributed by atoms with Crippen LogP contribution >= 0.6 is 0 Å². The van der Waals surface area contributed by atoms with Crippen molar-refractivity contribution in [3.63, 3.8) is 0 Å². The lowest BCUT2D eigenvalue weighted by molar-refractivity contribution is 0.112. The minimum absolute atomic E-state index is 0.418. The van der Waals surface area contributed by atoms with Crippen LogP contribution in [0.1, 0.15) is 27.5 Å². The number of nitrogens with zero attached hydrogens (tertiary/aromatic N) is 2. The molecule has 0 aliphatic carbocycles. The van der Waals surface area contributed by atoms with Gasteiger partial charge < -0.3 is 9.40 Å². The Morgan fingerprint density at radius 2 is 2.00 bits per heavy atom. The van der Waals surface area contributed by atoms with Crippen molar-refractivity contribution in [3.8, 4) is 11.6 Å². The van der Waals surface area contributed by atoms with Gasteiger partial charge in [0.25, 0.3) is 5.89 Å². The number of hydrogen-bond acceptors (Lipinski definition) is 4. The molecule has 0 aliphatic heterocycles. The van der Waals surface area contributed by atoms with Gasteiger partial charge in [0, 0.05) is 18.2 Å². The van der Waals surface area contributed by atoms with E-state index in [-0.39, 0.29) is 0 Å². The summed E-state index contributed by atoms with van der Waals surface area (Å²) in [7, 11) is 0. The van der Waals surface area contributed by atoms with Crippen LogP contribution in [0.3, 0.4) is 0 Å². The van der Waals surface area contributed by atoms with E-state index in [9.17, 15) is 4.79 Å². The number of nitrogens with one attached hydrogen (secondary N) is 1. The van der Waals surface area contributed by atoms with E-state index in [1.54, 1.807) is 6.92 Å². The third-order valence-electron chi connectivity index (χ3n) is 2.35. The lowest BCUT2D eigenvalue weighted by atomic mass is 10.1. The Morgan fingerprint density at radius 1 is 1.27 bits per heavy atom. The number of aromatic amines is 1. The quantitative estimate of drug-likeness (QED) is 0.759. The van der Waals surface area contributed by atoms with Crippen LogP contribution in [-0.2, 0) is 0 Å². The van der Waals surface area contributed by atoms with Gasteiger partial charge in [0.2, 0.25) is 5.89 Å². The van der Waals surface area contributed by atoms with Crippen molar-refractivity contribution < 1.29 is 9.21 Å². The van der Waals surface area contributed by atoms with Crippen LogP contribution in [0.15, 0.2) is 4.42 Å². The van der Waals surface area contributed by atoms with Crippen molar-refractivity contribution in [1.82, 2.24) is 15.2 Å². The summed E-state index contributed by atoms with van der Waals surface area (Å²) in [4.78, 5) is 13.9. The molecule has 0 spiro atoms. The molecule has 0 unspecified atom stereocenters. The molecule has 2 rings (SSSR count). The van der Waals surface area contributed by atoms with Crippen LogP contribution in [-0.4, -0.2) is 21.5 Å². The van der Waals surface area contributed by atoms with Crippen molar-refractivity contribution in [1.29, 1.82) is 0 Å². The largest absolute Gasteiger partial charge is 0.420 e. The van der Waals surface area contributed by atoms with Gasteiger partial charge in [-0.3, -0.25) is 4.79 Å². The number of rotatable bonds is 2. The summed E-state index contributed by atoms with van der Waals surface area (Å²) in [6.07, 6.45) is 0.827. The number of carbonyl (C=O) groups is 1. The highest BCUT2D eigenvalue weighted by molar-refractivity contribution is 5.82. The fourth-order valence-corrected chi connectivity index (χ4v) is 1.55. The molecule has 0 bridgehead atoms. The Kier molecular flexibility index (Phi) is 2.15. The average molecular weight is 205 g/mol. The first kappa shape index (κ1) is 9.64. The molecule has 78 valence electrons. The van der Waals surface area contributed by atoms with E-state index in [0.29, 0.717) is 17.3 Å². The second-order valence-corrected chi connectivity index (χ2v) is 3.41. The fraction of sp³-hybridized carbons (Fsp3) is 0.300. The Hall–Kier alpha value is -1.91. The summed E-state index contributed by atoms with van der Waals surface area (Å²) in [5, 5.41) is 7.65. The van der Waals surface area contributed by atoms with E-state index in [1.807, 2.05) is 13.8 Å². The molecule has 0 aromatic carbocycles. The van der Waals surface area contributed by atoms with E-state index in [2.05, 4.69) is 15.2 Å². The average Bonchev–Trinajstić information content (AvgIpc) is 2.71. The maximum atomic E-state index is 10.8. The van der Waals surface area contributed by atoms with Gasteiger partial charge in [0.15, 0.2) is 6.29 Å². The predicted molar refractivity (Wildman–Crippen MR) is 53.7 cm³/mol. The predicted octanol–water partition coefficient (Wildman–Crippen LogP) is 1.80. The molecule has 0 atom stereocenters. The van der Waals surface area contributed by atoms with Gasteiger partial charge in [-0.05, 0) is 19.4 Å². The molecule has 2 heterocycles. The monoisotopic (exact) mass is 205 g/mol. The van der Waals surface area contributed by atoms with Crippen LogP contribution in [0.4, 0.5) is 0 Å². The van der Waals surface area contributed by atoms with Gasteiger partial charge in [0.05, 0.1) is 0 Å². The molecular formula is C10H11N3O2. The maximum Gasteiger partial charge on any atom is 0.264 e. The number of aromatic nitrogens is 3. The molecule has 0 fully saturated rings. The minimum Gasteiger partial charge on any atom is -0.420 e. The van der Waals surface area contributed by atoms with E-state index in [1.165, 1.54) is 0 Å². The van der Waals surface area contributed by atoms with Crippen LogP contribution < -0.4 is 0 Å². The molecule has 0 saturated heterocycles. The molecule has 5 heteroatoms. The van der Waals surface area contributed by atoms with Crippen molar-refractivity contribution in [3.05, 3.63) is 22.7 Å². The number of hydrogen-bond donors (Lipinski definition) is 1. The molecule has 0 saturated carbocycles. The first-order valence-electron chi connectivity index (χ1n) is 4.58. The Balaban J connectivity index is 2.59. The number of H-pyrrole nitrogens is 1. The smallest absolute Gasteiger partial charge is 0.264 e. The summed E-state index contributed by atoms with van der Waals surface area (Å²) < 4.78 is 5.29. The highest BCUT2D eigenvalue weighted by Gasteiger charge is 2.16. The van der Waals surface area contributed by atoms with Gasteiger partial charge in [-0.1, -0.05) is 0 Å². The molecule has 2 aromatic rings. The zero-order valence-electron chi connectivity index (χ0n) is 8.79. The lowest BCUT2D eigenvalue weighted by Crippen LogP contribution is -1.83. The number of aryl methyl sites for hydroxylation is 2. The first-order chi connectivity index (χ1) is 7.13. The van der Waals surface area contributed by atoms with Crippen molar-refractivity contribution in [2.24, 2.45) is 0 Å². The summed E-state index contributed by atoms with van der Waals surface area (Å²) in [6.45, 7) is 5.41. The topological polar surface area (TPSA) is 71.8 Å². The van der Waals surface area contributed by atoms with Crippen molar-refractivity contribution >= 4 is 6.29 Å². The molecule has 5 nitrogen and oxygen atoms in total. The molecule has 0 amide bonds. The molecule has 2 aromatic heterocycles. The summed E-state index contributed by atoms with van der Waals surface area (Å²) in [5.74, 6) is 0.922. The second kappa shape index (κ2) is 3.34. The van der Waals surface area contributed by atoms with Crippen LogP contribution in [0, 0.1) is 20.8 Å². The van der Waals surface area contributed by atoms with Gasteiger partial charge >= 0.3 is 0 Å². The van der Waals surface area contributed by atoms with E-state index >= 15 is 0 Å². The first-order valence-corrected chi connectivity index (χ1v) is 4.58. The van der Waals surface area contributed by atoms with Crippen LogP contribution in [0.5, 0.6) is 0 Å². The SMILES string of the molecule is Cc1nnc(-c2[nH]c(C)c(C=O)c2C)o1. The number of carbonyl (C=O) groups excluding carboxylic acids is 1. The van der Waals surface area contributed by atoms with Gasteiger partial charge in [-0.2, -0.15) is 0 Å². The van der Waals surface area contributed by atoms with E-state index < -0.39 is 0 Å². The summed E-state index contributed by atoms with van der Waals surface area (Å²) in [5.41, 5.74) is 3.02. The third kappa shape index (κ3) is 1.45. The second-order valence-electron chi connectivity index (χ2n) is 3.41. The molecule has 1 N–H and O–H groups in total. The highest BCUT2D eigenvalue weighted by atomic mass is 16.4. The molecule has 0 radical (unpaired) electrons. The summed E-state index contributed by atoms with van der Waals surface area (Å²) >= 11 is 0. The number of aldehydes is 1. The van der Waals surface area contributed by atoms with Gasteiger partial charge in [-0.15, -0.1) is 10.2 Å². The normalized spacial score (nSPS) is 10.6. The Bertz CT molecular complexity index is 511. The standard InChI is InChI=1S/C10H11N3O2/c1-5-8(4-14)6(2)11-9(5)10-13-12-7(3)15-10/h4,11H,1-3H3. The summed E-state index contributed by atoms with van der Waals surface area (Å²) in [6, 6.07) is 0. The Morgan fingerprint density at radius 3 is 2.47 bits per heavy atom. The zero-order chi connectivity index (χ0) is 11.0. The van der Waals surface area contributed by atoms with Crippen molar-refractivity contribution in [2.45, 2.75) is 20.8 Å². The van der Waals surface area contributed by atoms with E-state index in [4.69, 9.17) is 4.42 Å². The van der Waals surface area contributed by atoms with Crippen molar-refractivity contribution in [2.75, 3.05) is 0 Å². The van der Waals surface area contributed by atoms with Crippen LogP contribution in [0.25, 0.3) is 11.6 Å². The molecular weight excluding hydrogens is 194 g/mol. The van der Waals surface area contributed by atoms with Gasteiger partial charge in [0.1, 0.15) is 5.69 Å². The van der Waals surface area contributed by atoms with Crippen LogP contribution in [0.2, 0.25) is 0 Å². The zero-order valence-corrected chi connectivity index (χ0v) is 8.79. The van der Waals surface area contributed by atoms with Gasteiger partial charge in [-0.25, -0.2) is 0 Å². The molecule has 0 aliphatic rings. The Labute approximate surface area is 86.5 Å². The maximum absolute atomic E-state index is 10.8. The third-order valence-corrected chi connectivity index (χ3v) is 2.35. The molecule has 15 heavy (non-hydrogen) atoms. The van der Waals surface area contributed by atoms with E-state index in [0.717, 1.165) is 23.2 Å². The fourth-order valence-electron chi connectivity index (χ4n) is 1.55.